The second-order valence-electron chi connectivity index (χ2n) is 7.12. The fraction of sp³-hybridized carbons (Fsp3) is 0.0952. The van der Waals surface area contributed by atoms with Gasteiger partial charge in [0.25, 0.3) is 5.91 Å². The van der Waals surface area contributed by atoms with Gasteiger partial charge in [-0.1, -0.05) is 40.0 Å². The standard InChI is InChI=1S/C18H14Cl3N5O2.C3H4N4O2/c1-23-18(28)15-17(22)26(25-24-15)8-9-6-12(20)14(13(21)7-9)16(27)10-2-4-11(19)5-3-10;8-3(9)5-2-1-4-7-6-2/h2-7H,8,22H2,1H3,(H,23,28);1H,(H,8,9)(H2,4,5,6,7). The van der Waals surface area contributed by atoms with E-state index >= 15 is 0 Å². The summed E-state index contributed by atoms with van der Waals surface area (Å²) in [5.74, 6) is -0.459. The molecule has 2 aromatic carbocycles. The fourth-order valence-corrected chi connectivity index (χ4v) is 3.77. The molecule has 0 unspecified atom stereocenters. The van der Waals surface area contributed by atoms with E-state index in [0.717, 1.165) is 0 Å². The van der Waals surface area contributed by atoms with Crippen molar-refractivity contribution >= 4 is 64.2 Å². The molecule has 0 aliphatic heterocycles. The molecular weight excluding hydrogens is 549 g/mol. The maximum Gasteiger partial charge on any atom is 0.410 e. The van der Waals surface area contributed by atoms with E-state index in [4.69, 9.17) is 45.6 Å². The average Bonchev–Trinajstić information content (AvgIpc) is 3.48. The Kier molecular flexibility index (Phi) is 9.00. The summed E-state index contributed by atoms with van der Waals surface area (Å²) < 4.78 is 1.34. The van der Waals surface area contributed by atoms with Gasteiger partial charge < -0.3 is 16.2 Å². The number of carbonyl (C=O) groups is 3. The van der Waals surface area contributed by atoms with Crippen molar-refractivity contribution in [2.75, 3.05) is 18.1 Å². The van der Waals surface area contributed by atoms with E-state index < -0.39 is 12.0 Å². The van der Waals surface area contributed by atoms with Gasteiger partial charge in [0.2, 0.25) is 0 Å². The zero-order valence-corrected chi connectivity index (χ0v) is 21.1. The van der Waals surface area contributed by atoms with Crippen molar-refractivity contribution in [1.29, 1.82) is 0 Å². The number of ketones is 1. The van der Waals surface area contributed by atoms with Crippen LogP contribution in [-0.2, 0) is 6.54 Å². The van der Waals surface area contributed by atoms with Crippen LogP contribution in [-0.4, -0.2) is 60.3 Å². The molecule has 13 nitrogen and oxygen atoms in total. The molecule has 2 heterocycles. The quantitative estimate of drug-likeness (QED) is 0.217. The van der Waals surface area contributed by atoms with Gasteiger partial charge in [-0.2, -0.15) is 10.3 Å². The number of nitrogen functional groups attached to an aromatic ring is 1. The first kappa shape index (κ1) is 27.4. The number of benzene rings is 2. The van der Waals surface area contributed by atoms with Crippen LogP contribution >= 0.6 is 34.8 Å². The van der Waals surface area contributed by atoms with Crippen LogP contribution in [0.3, 0.4) is 0 Å². The van der Waals surface area contributed by atoms with E-state index in [1.807, 2.05) is 5.32 Å². The average molecular weight is 567 g/mol. The topological polar surface area (TPSA) is 194 Å². The highest BCUT2D eigenvalue weighted by Crippen LogP contribution is 2.30. The van der Waals surface area contributed by atoms with Crippen molar-refractivity contribution in [3.05, 3.63) is 80.0 Å². The molecular formula is C21H18Cl3N9O4. The van der Waals surface area contributed by atoms with Gasteiger partial charge in [0.15, 0.2) is 23.1 Å². The predicted octanol–water partition coefficient (Wildman–Crippen LogP) is 3.35. The number of nitrogens with one attached hydrogen (secondary N) is 3. The Morgan fingerprint density at radius 1 is 1.11 bits per heavy atom. The first-order valence-electron chi connectivity index (χ1n) is 10.2. The number of nitrogens with zero attached hydrogens (tertiary/aromatic N) is 5. The monoisotopic (exact) mass is 565 g/mol. The summed E-state index contributed by atoms with van der Waals surface area (Å²) in [5.41, 5.74) is 7.18. The minimum Gasteiger partial charge on any atom is -0.465 e. The number of aromatic nitrogens is 6. The molecule has 0 atom stereocenters. The molecule has 0 fully saturated rings. The molecule has 0 radical (unpaired) electrons. The Bertz CT molecular complexity index is 1400. The maximum absolute atomic E-state index is 12.7. The Morgan fingerprint density at radius 2 is 1.76 bits per heavy atom. The SMILES string of the molecule is CNC(=O)c1nnn(Cc2cc(Cl)c(C(=O)c3ccc(Cl)cc3)c(Cl)c2)c1N.O=C(O)Nc1cn[nH]n1. The summed E-state index contributed by atoms with van der Waals surface area (Å²) in [6.07, 6.45) is 0.123. The molecule has 2 aromatic heterocycles. The van der Waals surface area contributed by atoms with Crippen molar-refractivity contribution in [3.8, 4) is 0 Å². The number of hydrogen-bond acceptors (Lipinski definition) is 8. The number of rotatable bonds is 6. The highest BCUT2D eigenvalue weighted by atomic mass is 35.5. The Balaban J connectivity index is 0.000000356. The summed E-state index contributed by atoms with van der Waals surface area (Å²) in [6, 6.07) is 9.61. The Hall–Kier alpha value is -4.20. The lowest BCUT2D eigenvalue weighted by Gasteiger charge is -2.10. The van der Waals surface area contributed by atoms with Gasteiger partial charge in [0, 0.05) is 17.6 Å². The van der Waals surface area contributed by atoms with E-state index in [9.17, 15) is 14.4 Å². The lowest BCUT2D eigenvalue weighted by atomic mass is 10.0. The van der Waals surface area contributed by atoms with E-state index in [1.165, 1.54) is 17.9 Å². The van der Waals surface area contributed by atoms with Crippen molar-refractivity contribution in [1.82, 2.24) is 35.7 Å². The smallest absolute Gasteiger partial charge is 0.410 e. The summed E-state index contributed by atoms with van der Waals surface area (Å²) in [6.45, 7) is 0.171. The van der Waals surface area contributed by atoms with Crippen LogP contribution in [0.15, 0.2) is 42.6 Å². The molecule has 16 heteroatoms. The van der Waals surface area contributed by atoms with Gasteiger partial charge in [0.1, 0.15) is 0 Å². The molecule has 0 bridgehead atoms. The minimum atomic E-state index is -1.15. The second kappa shape index (κ2) is 12.2. The molecule has 2 amide bonds. The van der Waals surface area contributed by atoms with Gasteiger partial charge in [-0.05, 0) is 42.0 Å². The van der Waals surface area contributed by atoms with Crippen LogP contribution in [0.4, 0.5) is 16.4 Å². The molecule has 0 aliphatic rings. The van der Waals surface area contributed by atoms with Gasteiger partial charge in [-0.3, -0.25) is 14.9 Å². The lowest BCUT2D eigenvalue weighted by molar-refractivity contribution is 0.0958. The van der Waals surface area contributed by atoms with Crippen molar-refractivity contribution in [2.24, 2.45) is 0 Å². The lowest BCUT2D eigenvalue weighted by Crippen LogP contribution is -2.20. The number of carbonyl (C=O) groups excluding carboxylic acids is 2. The van der Waals surface area contributed by atoms with Gasteiger partial charge >= 0.3 is 6.09 Å². The molecule has 6 N–H and O–H groups in total. The molecule has 37 heavy (non-hydrogen) atoms. The van der Waals surface area contributed by atoms with Crippen LogP contribution in [0.1, 0.15) is 32.0 Å². The Labute approximate surface area is 223 Å². The number of amides is 2. The largest absolute Gasteiger partial charge is 0.465 e. The zero-order chi connectivity index (χ0) is 27.1. The fourth-order valence-electron chi connectivity index (χ4n) is 2.94. The van der Waals surface area contributed by atoms with E-state index in [-0.39, 0.29) is 45.3 Å². The highest BCUT2D eigenvalue weighted by molar-refractivity contribution is 6.41. The van der Waals surface area contributed by atoms with Crippen molar-refractivity contribution in [2.45, 2.75) is 6.54 Å². The van der Waals surface area contributed by atoms with Crippen molar-refractivity contribution in [3.63, 3.8) is 0 Å². The summed E-state index contributed by atoms with van der Waals surface area (Å²) in [5, 5.41) is 30.1. The number of hydrogen-bond donors (Lipinski definition) is 5. The number of aromatic amines is 1. The molecule has 4 aromatic rings. The maximum atomic E-state index is 12.7. The minimum absolute atomic E-state index is 0.0224. The number of carboxylic acid groups (broad SMARTS) is 1. The van der Waals surface area contributed by atoms with Crippen LogP contribution in [0.25, 0.3) is 0 Å². The van der Waals surface area contributed by atoms with E-state index in [0.29, 0.717) is 16.1 Å². The normalized spacial score (nSPS) is 10.3. The first-order chi connectivity index (χ1) is 17.6. The van der Waals surface area contributed by atoms with Crippen LogP contribution in [0.5, 0.6) is 0 Å². The Morgan fingerprint density at radius 3 is 2.30 bits per heavy atom. The first-order valence-corrected chi connectivity index (χ1v) is 11.3. The number of nitrogens with two attached hydrogens (primary N) is 1. The predicted molar refractivity (Wildman–Crippen MR) is 136 cm³/mol. The third-order valence-corrected chi connectivity index (χ3v) is 5.48. The van der Waals surface area contributed by atoms with Crippen molar-refractivity contribution < 1.29 is 19.5 Å². The number of halogens is 3. The molecule has 0 saturated carbocycles. The van der Waals surface area contributed by atoms with Crippen LogP contribution in [0, 0.1) is 0 Å². The van der Waals surface area contributed by atoms with Gasteiger partial charge in [-0.25, -0.2) is 9.48 Å². The third kappa shape index (κ3) is 6.94. The summed E-state index contributed by atoms with van der Waals surface area (Å²) >= 11 is 18.5. The molecule has 4 rings (SSSR count). The molecule has 0 saturated heterocycles. The van der Waals surface area contributed by atoms with Gasteiger partial charge in [0.05, 0.1) is 28.4 Å². The summed E-state index contributed by atoms with van der Waals surface area (Å²) in [4.78, 5) is 34.3. The summed E-state index contributed by atoms with van der Waals surface area (Å²) in [7, 11) is 1.47. The number of H-pyrrole nitrogens is 1. The third-order valence-electron chi connectivity index (χ3n) is 4.63. The molecule has 192 valence electrons. The second-order valence-corrected chi connectivity index (χ2v) is 8.37. The highest BCUT2D eigenvalue weighted by Gasteiger charge is 2.20. The van der Waals surface area contributed by atoms with Gasteiger partial charge in [-0.15, -0.1) is 10.2 Å². The zero-order valence-electron chi connectivity index (χ0n) is 18.9. The molecule has 0 aliphatic carbocycles. The van der Waals surface area contributed by atoms with E-state index in [1.54, 1.807) is 36.4 Å². The molecule has 0 spiro atoms. The van der Waals surface area contributed by atoms with Crippen LogP contribution in [0.2, 0.25) is 15.1 Å². The van der Waals surface area contributed by atoms with E-state index in [2.05, 4.69) is 31.0 Å². The van der Waals surface area contributed by atoms with Crippen LogP contribution < -0.4 is 16.4 Å². The number of anilines is 2.